The molecule has 2 heterocycles. The van der Waals surface area contributed by atoms with Crippen molar-refractivity contribution < 1.29 is 19.0 Å². The Morgan fingerprint density at radius 2 is 1.69 bits per heavy atom. The third-order valence-corrected chi connectivity index (χ3v) is 5.65. The van der Waals surface area contributed by atoms with E-state index in [0.717, 1.165) is 41.1 Å². The number of hydrogen-bond donors (Lipinski definition) is 0. The standard InChI is InChI=1S/C23H30N2O4/c1-7-25-15(2)12-19(16(25)3)23(26)24-10-8-17(9-11-24)22-20(28-5)13-18(27-4)14-21(22)29-6/h8,12-14H,7,9-11H2,1-6H3. The van der Waals surface area contributed by atoms with Crippen LogP contribution in [0.3, 0.4) is 0 Å². The summed E-state index contributed by atoms with van der Waals surface area (Å²) < 4.78 is 18.7. The van der Waals surface area contributed by atoms with Crippen LogP contribution >= 0.6 is 0 Å². The number of methoxy groups -OCH3 is 3. The van der Waals surface area contributed by atoms with E-state index in [-0.39, 0.29) is 5.91 Å². The van der Waals surface area contributed by atoms with Gasteiger partial charge in [0.15, 0.2) is 0 Å². The molecule has 6 heteroatoms. The van der Waals surface area contributed by atoms with Gasteiger partial charge in [0.25, 0.3) is 5.91 Å². The number of carbonyl (C=O) groups is 1. The van der Waals surface area contributed by atoms with E-state index in [1.165, 1.54) is 0 Å². The normalized spacial score (nSPS) is 13.9. The molecule has 0 spiro atoms. The fraction of sp³-hybridized carbons (Fsp3) is 0.435. The van der Waals surface area contributed by atoms with Gasteiger partial charge in [-0.2, -0.15) is 0 Å². The van der Waals surface area contributed by atoms with Gasteiger partial charge in [0, 0.05) is 43.2 Å². The first kappa shape index (κ1) is 20.8. The molecule has 1 aromatic carbocycles. The molecular weight excluding hydrogens is 368 g/mol. The molecule has 0 fully saturated rings. The number of carbonyl (C=O) groups excluding carboxylic acids is 1. The molecule has 0 unspecified atom stereocenters. The number of aromatic nitrogens is 1. The Hall–Kier alpha value is -2.89. The minimum absolute atomic E-state index is 0.0850. The molecule has 0 atom stereocenters. The lowest BCUT2D eigenvalue weighted by Crippen LogP contribution is -2.35. The molecule has 0 bridgehead atoms. The Morgan fingerprint density at radius 3 is 2.14 bits per heavy atom. The first-order chi connectivity index (χ1) is 13.9. The maximum Gasteiger partial charge on any atom is 0.255 e. The highest BCUT2D eigenvalue weighted by Gasteiger charge is 2.25. The van der Waals surface area contributed by atoms with Gasteiger partial charge in [-0.3, -0.25) is 4.79 Å². The number of benzene rings is 1. The van der Waals surface area contributed by atoms with Crippen molar-refractivity contribution >= 4 is 11.5 Å². The van der Waals surface area contributed by atoms with E-state index in [1.54, 1.807) is 21.3 Å². The molecule has 0 saturated carbocycles. The van der Waals surface area contributed by atoms with Gasteiger partial charge in [-0.05, 0) is 38.8 Å². The number of ether oxygens (including phenoxy) is 3. The molecule has 3 rings (SSSR count). The summed E-state index contributed by atoms with van der Waals surface area (Å²) in [5.41, 5.74) is 4.98. The highest BCUT2D eigenvalue weighted by Crippen LogP contribution is 2.41. The molecule has 0 N–H and O–H groups in total. The summed E-state index contributed by atoms with van der Waals surface area (Å²) in [5.74, 6) is 2.18. The van der Waals surface area contributed by atoms with Crippen molar-refractivity contribution in [2.45, 2.75) is 33.7 Å². The molecule has 0 aliphatic carbocycles. The summed E-state index contributed by atoms with van der Waals surface area (Å²) in [6.07, 6.45) is 2.82. The zero-order chi connectivity index (χ0) is 21.1. The van der Waals surface area contributed by atoms with E-state index in [9.17, 15) is 4.79 Å². The molecule has 2 aromatic rings. The van der Waals surface area contributed by atoms with Crippen LogP contribution in [-0.4, -0.2) is 49.8 Å². The van der Waals surface area contributed by atoms with Crippen molar-refractivity contribution in [1.82, 2.24) is 9.47 Å². The second-order valence-electron chi connectivity index (χ2n) is 7.17. The molecule has 156 valence electrons. The van der Waals surface area contributed by atoms with Gasteiger partial charge in [-0.25, -0.2) is 0 Å². The predicted molar refractivity (Wildman–Crippen MR) is 114 cm³/mol. The molecule has 0 radical (unpaired) electrons. The summed E-state index contributed by atoms with van der Waals surface area (Å²) in [7, 11) is 4.90. The first-order valence-electron chi connectivity index (χ1n) is 9.90. The third kappa shape index (κ3) is 3.84. The van der Waals surface area contributed by atoms with Crippen LogP contribution in [0.15, 0.2) is 24.3 Å². The minimum Gasteiger partial charge on any atom is -0.496 e. The van der Waals surface area contributed by atoms with Gasteiger partial charge in [-0.1, -0.05) is 6.08 Å². The second-order valence-corrected chi connectivity index (χ2v) is 7.17. The van der Waals surface area contributed by atoms with Crippen LogP contribution in [-0.2, 0) is 6.54 Å². The summed E-state index contributed by atoms with van der Waals surface area (Å²) >= 11 is 0. The lowest BCUT2D eigenvalue weighted by molar-refractivity contribution is 0.0772. The van der Waals surface area contributed by atoms with E-state index in [2.05, 4.69) is 17.6 Å². The van der Waals surface area contributed by atoms with Crippen molar-refractivity contribution in [3.05, 3.63) is 46.8 Å². The van der Waals surface area contributed by atoms with Crippen LogP contribution in [0.1, 0.15) is 40.7 Å². The molecule has 1 aliphatic heterocycles. The van der Waals surface area contributed by atoms with Crippen LogP contribution in [0.4, 0.5) is 0 Å². The molecule has 29 heavy (non-hydrogen) atoms. The van der Waals surface area contributed by atoms with Crippen molar-refractivity contribution in [2.75, 3.05) is 34.4 Å². The van der Waals surface area contributed by atoms with Gasteiger partial charge in [0.2, 0.25) is 0 Å². The van der Waals surface area contributed by atoms with Crippen molar-refractivity contribution in [1.29, 1.82) is 0 Å². The van der Waals surface area contributed by atoms with Crippen LogP contribution in [0.25, 0.3) is 5.57 Å². The molecule has 1 aromatic heterocycles. The quantitative estimate of drug-likeness (QED) is 0.736. The number of amides is 1. The van der Waals surface area contributed by atoms with E-state index in [1.807, 2.05) is 36.9 Å². The van der Waals surface area contributed by atoms with Gasteiger partial charge in [0.1, 0.15) is 17.2 Å². The number of hydrogen-bond acceptors (Lipinski definition) is 4. The van der Waals surface area contributed by atoms with E-state index in [4.69, 9.17) is 14.2 Å². The summed E-state index contributed by atoms with van der Waals surface area (Å²) in [6, 6.07) is 5.71. The fourth-order valence-corrected chi connectivity index (χ4v) is 4.08. The lowest BCUT2D eigenvalue weighted by Gasteiger charge is -2.28. The van der Waals surface area contributed by atoms with Crippen LogP contribution in [0.5, 0.6) is 17.2 Å². The van der Waals surface area contributed by atoms with E-state index >= 15 is 0 Å². The van der Waals surface area contributed by atoms with Gasteiger partial charge >= 0.3 is 0 Å². The Balaban J connectivity index is 1.87. The lowest BCUT2D eigenvalue weighted by atomic mass is 9.96. The molecular formula is C23H30N2O4. The highest BCUT2D eigenvalue weighted by molar-refractivity contribution is 5.96. The van der Waals surface area contributed by atoms with Gasteiger partial charge < -0.3 is 23.7 Å². The Morgan fingerprint density at radius 1 is 1.03 bits per heavy atom. The highest BCUT2D eigenvalue weighted by atomic mass is 16.5. The third-order valence-electron chi connectivity index (χ3n) is 5.65. The van der Waals surface area contributed by atoms with Crippen molar-refractivity contribution in [3.63, 3.8) is 0 Å². The first-order valence-corrected chi connectivity index (χ1v) is 9.90. The topological polar surface area (TPSA) is 52.9 Å². The molecule has 0 saturated heterocycles. The maximum atomic E-state index is 13.1. The van der Waals surface area contributed by atoms with Crippen LogP contribution in [0, 0.1) is 13.8 Å². The van der Waals surface area contributed by atoms with E-state index < -0.39 is 0 Å². The smallest absolute Gasteiger partial charge is 0.255 e. The Kier molecular flexibility index (Phi) is 6.20. The van der Waals surface area contributed by atoms with Gasteiger partial charge in [0.05, 0.1) is 32.5 Å². The average Bonchev–Trinajstić information content (AvgIpc) is 3.05. The van der Waals surface area contributed by atoms with E-state index in [0.29, 0.717) is 30.3 Å². The SMILES string of the molecule is CCn1c(C)cc(C(=O)N2CC=C(c3c(OC)cc(OC)cc3OC)CC2)c1C. The van der Waals surface area contributed by atoms with Crippen molar-refractivity contribution in [2.24, 2.45) is 0 Å². The van der Waals surface area contributed by atoms with Crippen molar-refractivity contribution in [3.8, 4) is 17.2 Å². The molecule has 1 aliphatic rings. The van der Waals surface area contributed by atoms with Crippen LogP contribution < -0.4 is 14.2 Å². The molecule has 6 nitrogen and oxygen atoms in total. The fourth-order valence-electron chi connectivity index (χ4n) is 4.08. The number of nitrogens with zero attached hydrogens (tertiary/aromatic N) is 2. The summed E-state index contributed by atoms with van der Waals surface area (Å²) in [4.78, 5) is 15.0. The zero-order valence-electron chi connectivity index (χ0n) is 18.2. The Labute approximate surface area is 172 Å². The minimum atomic E-state index is 0.0850. The largest absolute Gasteiger partial charge is 0.496 e. The maximum absolute atomic E-state index is 13.1. The number of rotatable bonds is 6. The zero-order valence-corrected chi connectivity index (χ0v) is 18.2. The van der Waals surface area contributed by atoms with Gasteiger partial charge in [-0.15, -0.1) is 0 Å². The Bertz CT molecular complexity index is 918. The number of aryl methyl sites for hydroxylation is 1. The summed E-state index contributed by atoms with van der Waals surface area (Å²) in [6.45, 7) is 8.23. The second kappa shape index (κ2) is 8.64. The van der Waals surface area contributed by atoms with Crippen LogP contribution in [0.2, 0.25) is 0 Å². The summed E-state index contributed by atoms with van der Waals surface area (Å²) in [5, 5.41) is 0. The average molecular weight is 399 g/mol. The predicted octanol–water partition coefficient (Wildman–Crippen LogP) is 4.08. The monoisotopic (exact) mass is 398 g/mol. The molecule has 1 amide bonds.